The minimum absolute atomic E-state index is 0.112. The van der Waals surface area contributed by atoms with Crippen LogP contribution in [0.15, 0.2) is 29.2 Å². The topological polar surface area (TPSA) is 78.5 Å². The van der Waals surface area contributed by atoms with E-state index in [1.54, 1.807) is 11.8 Å². The molecule has 1 saturated carbocycles. The molecule has 0 unspecified atom stereocenters. The summed E-state index contributed by atoms with van der Waals surface area (Å²) in [6.45, 7) is 0.283. The second-order valence-corrected chi connectivity index (χ2v) is 7.44. The number of hydrogen-bond acceptors (Lipinski definition) is 4. The number of anilines is 1. The van der Waals surface area contributed by atoms with Gasteiger partial charge in [-0.1, -0.05) is 12.8 Å². The number of nitrogens with one attached hydrogen (secondary N) is 2. The molecule has 1 saturated heterocycles. The minimum Gasteiger partial charge on any atom is -0.326 e. The lowest BCUT2D eigenvalue weighted by Gasteiger charge is -2.19. The van der Waals surface area contributed by atoms with Crippen molar-refractivity contribution in [2.75, 3.05) is 18.1 Å². The van der Waals surface area contributed by atoms with Gasteiger partial charge in [-0.2, -0.15) is 0 Å². The molecule has 1 spiro atoms. The molecular formula is C18H23N3O3S. The molecule has 2 aliphatic rings. The average molecular weight is 361 g/mol. The Kier molecular flexibility index (Phi) is 5.32. The quantitative estimate of drug-likeness (QED) is 0.603. The third-order valence-electron chi connectivity index (χ3n) is 4.86. The normalized spacial score (nSPS) is 18.7. The predicted molar refractivity (Wildman–Crippen MR) is 97.5 cm³/mol. The Morgan fingerprint density at radius 1 is 1.24 bits per heavy atom. The monoisotopic (exact) mass is 361 g/mol. The second kappa shape index (κ2) is 7.47. The van der Waals surface area contributed by atoms with Crippen LogP contribution in [0.4, 0.5) is 10.5 Å². The molecule has 0 aromatic heterocycles. The lowest BCUT2D eigenvalue weighted by atomic mass is 9.98. The van der Waals surface area contributed by atoms with Gasteiger partial charge in [-0.3, -0.25) is 14.5 Å². The van der Waals surface area contributed by atoms with Crippen molar-refractivity contribution in [1.82, 2.24) is 10.2 Å². The van der Waals surface area contributed by atoms with Gasteiger partial charge in [-0.05, 0) is 49.8 Å². The summed E-state index contributed by atoms with van der Waals surface area (Å²) in [5.41, 5.74) is 0.0842. The number of urea groups is 1. The minimum atomic E-state index is -0.668. The summed E-state index contributed by atoms with van der Waals surface area (Å²) in [7, 11) is 0. The number of nitrogens with zero attached hydrogens (tertiary/aromatic N) is 1. The van der Waals surface area contributed by atoms with E-state index in [0.29, 0.717) is 6.42 Å². The number of hydrogen-bond donors (Lipinski definition) is 2. The standard InChI is InChI=1S/C18H23N3O3S/c1-25-14-8-6-13(7-9-14)19-15(22)5-4-12-21-16(23)18(20-17(21)24)10-2-3-11-18/h6-9H,2-5,10-12H2,1H3,(H,19,22)(H,20,24). The highest BCUT2D eigenvalue weighted by Gasteiger charge is 2.51. The zero-order valence-corrected chi connectivity index (χ0v) is 15.2. The molecule has 0 radical (unpaired) electrons. The first-order chi connectivity index (χ1) is 12.0. The average Bonchev–Trinajstić information content (AvgIpc) is 3.16. The molecular weight excluding hydrogens is 338 g/mol. The van der Waals surface area contributed by atoms with Crippen molar-refractivity contribution >= 4 is 35.3 Å². The Hall–Kier alpha value is -2.02. The molecule has 2 N–H and O–H groups in total. The van der Waals surface area contributed by atoms with Crippen LogP contribution >= 0.6 is 11.8 Å². The van der Waals surface area contributed by atoms with Gasteiger partial charge in [0, 0.05) is 23.5 Å². The van der Waals surface area contributed by atoms with Crippen molar-refractivity contribution in [1.29, 1.82) is 0 Å². The Morgan fingerprint density at radius 3 is 2.56 bits per heavy atom. The zero-order chi connectivity index (χ0) is 17.9. The SMILES string of the molecule is CSc1ccc(NC(=O)CCCN2C(=O)NC3(CCCC3)C2=O)cc1. The molecule has 1 aromatic rings. The van der Waals surface area contributed by atoms with Crippen molar-refractivity contribution in [2.24, 2.45) is 0 Å². The van der Waals surface area contributed by atoms with Crippen LogP contribution in [-0.4, -0.2) is 41.1 Å². The van der Waals surface area contributed by atoms with Crippen LogP contribution in [-0.2, 0) is 9.59 Å². The Balaban J connectivity index is 1.46. The molecule has 6 nitrogen and oxygen atoms in total. The largest absolute Gasteiger partial charge is 0.326 e. The van der Waals surface area contributed by atoms with E-state index in [4.69, 9.17) is 0 Å². The molecule has 1 heterocycles. The first-order valence-electron chi connectivity index (χ1n) is 8.62. The smallest absolute Gasteiger partial charge is 0.325 e. The molecule has 1 aliphatic heterocycles. The van der Waals surface area contributed by atoms with Crippen molar-refractivity contribution in [3.8, 4) is 0 Å². The molecule has 1 aromatic carbocycles. The molecule has 2 fully saturated rings. The first kappa shape index (κ1) is 17.8. The number of carbonyl (C=O) groups is 3. The van der Waals surface area contributed by atoms with Crippen LogP contribution in [0.2, 0.25) is 0 Å². The Labute approximate surface area is 151 Å². The van der Waals surface area contributed by atoms with Crippen molar-refractivity contribution in [3.63, 3.8) is 0 Å². The molecule has 7 heteroatoms. The summed E-state index contributed by atoms with van der Waals surface area (Å²) in [6.07, 6.45) is 6.12. The number of amides is 4. The van der Waals surface area contributed by atoms with Crippen LogP contribution in [0.3, 0.4) is 0 Å². The Morgan fingerprint density at radius 2 is 1.92 bits per heavy atom. The highest BCUT2D eigenvalue weighted by molar-refractivity contribution is 7.98. The van der Waals surface area contributed by atoms with E-state index in [1.807, 2.05) is 30.5 Å². The number of benzene rings is 1. The van der Waals surface area contributed by atoms with Crippen molar-refractivity contribution in [2.45, 2.75) is 49.0 Å². The fourth-order valence-electron chi connectivity index (χ4n) is 3.49. The number of rotatable bonds is 6. The molecule has 25 heavy (non-hydrogen) atoms. The third-order valence-corrected chi connectivity index (χ3v) is 5.61. The van der Waals surface area contributed by atoms with Gasteiger partial charge in [0.05, 0.1) is 0 Å². The maximum Gasteiger partial charge on any atom is 0.325 e. The molecule has 0 atom stereocenters. The van der Waals surface area contributed by atoms with Crippen LogP contribution in [0.1, 0.15) is 38.5 Å². The highest BCUT2D eigenvalue weighted by Crippen LogP contribution is 2.35. The van der Waals surface area contributed by atoms with Crippen molar-refractivity contribution < 1.29 is 14.4 Å². The van der Waals surface area contributed by atoms with Gasteiger partial charge in [0.2, 0.25) is 5.91 Å². The van der Waals surface area contributed by atoms with Gasteiger partial charge in [0.1, 0.15) is 5.54 Å². The predicted octanol–water partition coefficient (Wildman–Crippen LogP) is 2.99. The lowest BCUT2D eigenvalue weighted by Crippen LogP contribution is -2.44. The van der Waals surface area contributed by atoms with E-state index in [1.165, 1.54) is 4.90 Å². The molecule has 0 bridgehead atoms. The van der Waals surface area contributed by atoms with Gasteiger partial charge < -0.3 is 10.6 Å². The van der Waals surface area contributed by atoms with E-state index >= 15 is 0 Å². The number of imide groups is 1. The van der Waals surface area contributed by atoms with Crippen LogP contribution < -0.4 is 10.6 Å². The number of carbonyl (C=O) groups excluding carboxylic acids is 3. The fourth-order valence-corrected chi connectivity index (χ4v) is 3.90. The van der Waals surface area contributed by atoms with Crippen LogP contribution in [0.5, 0.6) is 0 Å². The van der Waals surface area contributed by atoms with E-state index in [2.05, 4.69) is 10.6 Å². The fraction of sp³-hybridized carbons (Fsp3) is 0.500. The molecule has 4 amide bonds. The van der Waals surface area contributed by atoms with Gasteiger partial charge in [0.25, 0.3) is 5.91 Å². The molecule has 134 valence electrons. The van der Waals surface area contributed by atoms with Crippen LogP contribution in [0.25, 0.3) is 0 Å². The van der Waals surface area contributed by atoms with Gasteiger partial charge in [-0.25, -0.2) is 4.79 Å². The van der Waals surface area contributed by atoms with E-state index in [0.717, 1.165) is 36.3 Å². The van der Waals surface area contributed by atoms with Gasteiger partial charge >= 0.3 is 6.03 Å². The summed E-state index contributed by atoms with van der Waals surface area (Å²) < 4.78 is 0. The summed E-state index contributed by atoms with van der Waals surface area (Å²) in [5.74, 6) is -0.234. The summed E-state index contributed by atoms with van der Waals surface area (Å²) >= 11 is 1.64. The maximum atomic E-state index is 12.5. The summed E-state index contributed by atoms with van der Waals surface area (Å²) in [5, 5.41) is 5.69. The highest BCUT2D eigenvalue weighted by atomic mass is 32.2. The zero-order valence-electron chi connectivity index (χ0n) is 14.3. The third kappa shape index (κ3) is 3.81. The number of thioether (sulfide) groups is 1. The molecule has 3 rings (SSSR count). The van der Waals surface area contributed by atoms with E-state index < -0.39 is 5.54 Å². The lowest BCUT2D eigenvalue weighted by molar-refractivity contribution is -0.131. The van der Waals surface area contributed by atoms with Gasteiger partial charge in [-0.15, -0.1) is 11.8 Å². The maximum absolute atomic E-state index is 12.5. The Bertz CT molecular complexity index is 669. The van der Waals surface area contributed by atoms with E-state index in [9.17, 15) is 14.4 Å². The summed E-state index contributed by atoms with van der Waals surface area (Å²) in [4.78, 5) is 39.0. The van der Waals surface area contributed by atoms with E-state index in [-0.39, 0.29) is 30.8 Å². The first-order valence-corrected chi connectivity index (χ1v) is 9.84. The molecule has 1 aliphatic carbocycles. The van der Waals surface area contributed by atoms with Crippen molar-refractivity contribution in [3.05, 3.63) is 24.3 Å². The second-order valence-electron chi connectivity index (χ2n) is 6.56. The van der Waals surface area contributed by atoms with Gasteiger partial charge in [0.15, 0.2) is 0 Å². The summed E-state index contributed by atoms with van der Waals surface area (Å²) in [6, 6.07) is 7.32. The van der Waals surface area contributed by atoms with Crippen LogP contribution in [0, 0.1) is 0 Å².